The highest BCUT2D eigenvalue weighted by atomic mass is 16.5. The second-order valence-electron chi connectivity index (χ2n) is 7.37. The fourth-order valence-electron chi connectivity index (χ4n) is 3.04. The van der Waals surface area contributed by atoms with Gasteiger partial charge in [-0.2, -0.15) is 0 Å². The van der Waals surface area contributed by atoms with E-state index >= 15 is 0 Å². The molecule has 2 amide bonds. The van der Waals surface area contributed by atoms with Crippen molar-refractivity contribution in [2.24, 2.45) is 0 Å². The molecule has 0 radical (unpaired) electrons. The fraction of sp³-hybridized carbons (Fsp3) is 0.200. The summed E-state index contributed by atoms with van der Waals surface area (Å²) in [4.78, 5) is 27.0. The molecule has 0 saturated heterocycles. The van der Waals surface area contributed by atoms with Crippen LogP contribution in [-0.4, -0.2) is 29.9 Å². The Labute approximate surface area is 177 Å². The third-order valence-corrected chi connectivity index (χ3v) is 4.46. The zero-order chi connectivity index (χ0) is 21.5. The molecule has 30 heavy (non-hydrogen) atoms. The zero-order valence-electron chi connectivity index (χ0n) is 17.5. The number of hydrogen-bond acceptors (Lipinski definition) is 3. The van der Waals surface area contributed by atoms with Crippen molar-refractivity contribution in [3.8, 4) is 5.75 Å². The van der Waals surface area contributed by atoms with Crippen molar-refractivity contribution in [3.05, 3.63) is 95.6 Å². The van der Waals surface area contributed by atoms with Gasteiger partial charge in [0.1, 0.15) is 5.75 Å². The molecular formula is C25H26N2O3. The van der Waals surface area contributed by atoms with Gasteiger partial charge in [0.05, 0.1) is 6.10 Å². The Bertz CT molecular complexity index is 998. The van der Waals surface area contributed by atoms with Gasteiger partial charge in [0.15, 0.2) is 0 Å². The molecule has 0 aromatic heterocycles. The van der Waals surface area contributed by atoms with Crippen molar-refractivity contribution in [2.75, 3.05) is 12.4 Å². The monoisotopic (exact) mass is 402 g/mol. The number of rotatable bonds is 7. The highest BCUT2D eigenvalue weighted by Gasteiger charge is 2.14. The molecule has 5 heteroatoms. The number of carbonyl (C=O) groups excluding carboxylic acids is 2. The maximum absolute atomic E-state index is 12.8. The number of ether oxygens (including phenoxy) is 1. The first-order valence-electron chi connectivity index (χ1n) is 9.90. The molecule has 0 spiro atoms. The van der Waals surface area contributed by atoms with Crippen LogP contribution in [0.5, 0.6) is 5.75 Å². The van der Waals surface area contributed by atoms with Gasteiger partial charge in [-0.1, -0.05) is 36.4 Å². The molecule has 0 aliphatic heterocycles. The largest absolute Gasteiger partial charge is 0.491 e. The molecule has 0 bridgehead atoms. The Morgan fingerprint density at radius 3 is 2.27 bits per heavy atom. The minimum absolute atomic E-state index is 0.0741. The maximum Gasteiger partial charge on any atom is 0.255 e. The van der Waals surface area contributed by atoms with E-state index in [1.54, 1.807) is 60.5 Å². The van der Waals surface area contributed by atoms with Crippen LogP contribution in [0.2, 0.25) is 0 Å². The topological polar surface area (TPSA) is 58.6 Å². The van der Waals surface area contributed by atoms with Crippen molar-refractivity contribution in [3.63, 3.8) is 0 Å². The van der Waals surface area contributed by atoms with E-state index in [9.17, 15) is 9.59 Å². The van der Waals surface area contributed by atoms with Gasteiger partial charge in [-0.3, -0.25) is 9.59 Å². The normalized spacial score (nSPS) is 10.5. The van der Waals surface area contributed by atoms with Gasteiger partial charge < -0.3 is 15.0 Å². The van der Waals surface area contributed by atoms with Crippen molar-refractivity contribution >= 4 is 17.5 Å². The molecule has 0 aliphatic rings. The molecular weight excluding hydrogens is 376 g/mol. The molecule has 0 heterocycles. The summed E-state index contributed by atoms with van der Waals surface area (Å²) in [5.74, 6) is 0.370. The van der Waals surface area contributed by atoms with E-state index in [-0.39, 0.29) is 17.9 Å². The molecule has 5 nitrogen and oxygen atoms in total. The lowest BCUT2D eigenvalue weighted by Gasteiger charge is -2.18. The van der Waals surface area contributed by atoms with Gasteiger partial charge >= 0.3 is 0 Å². The predicted molar refractivity (Wildman–Crippen MR) is 119 cm³/mol. The van der Waals surface area contributed by atoms with Gasteiger partial charge in [-0.25, -0.2) is 0 Å². The van der Waals surface area contributed by atoms with E-state index in [0.717, 1.165) is 11.3 Å². The molecule has 0 saturated carbocycles. The number of carbonyl (C=O) groups is 2. The Hall–Kier alpha value is -3.60. The smallest absolute Gasteiger partial charge is 0.255 e. The van der Waals surface area contributed by atoms with Crippen LogP contribution in [-0.2, 0) is 6.54 Å². The van der Waals surface area contributed by atoms with E-state index < -0.39 is 0 Å². The van der Waals surface area contributed by atoms with Crippen LogP contribution in [0, 0.1) is 0 Å². The third kappa shape index (κ3) is 5.70. The van der Waals surface area contributed by atoms with Crippen LogP contribution in [0.3, 0.4) is 0 Å². The molecule has 0 fully saturated rings. The highest BCUT2D eigenvalue weighted by Crippen LogP contribution is 2.17. The average molecular weight is 402 g/mol. The van der Waals surface area contributed by atoms with E-state index in [0.29, 0.717) is 23.4 Å². The number of nitrogens with zero attached hydrogens (tertiary/aromatic N) is 1. The SMILES string of the molecule is CC(C)Oc1ccc(C(=O)Nc2cccc(C(=O)N(C)Cc3ccccc3)c2)cc1. The number of amides is 2. The Morgan fingerprint density at radius 1 is 0.900 bits per heavy atom. The van der Waals surface area contributed by atoms with E-state index in [4.69, 9.17) is 4.74 Å². The van der Waals surface area contributed by atoms with Gasteiger partial charge in [0.2, 0.25) is 0 Å². The van der Waals surface area contributed by atoms with Gasteiger partial charge in [0.25, 0.3) is 11.8 Å². The Balaban J connectivity index is 1.66. The summed E-state index contributed by atoms with van der Waals surface area (Å²) in [7, 11) is 1.77. The van der Waals surface area contributed by atoms with Crippen molar-refractivity contribution in [1.82, 2.24) is 4.90 Å². The molecule has 0 atom stereocenters. The molecule has 0 unspecified atom stereocenters. The van der Waals surface area contributed by atoms with Crippen LogP contribution < -0.4 is 10.1 Å². The lowest BCUT2D eigenvalue weighted by atomic mass is 10.1. The summed E-state index contributed by atoms with van der Waals surface area (Å²) in [6, 6.07) is 23.8. The lowest BCUT2D eigenvalue weighted by Crippen LogP contribution is -2.26. The molecule has 154 valence electrons. The Kier molecular flexibility index (Phi) is 6.86. The van der Waals surface area contributed by atoms with Crippen LogP contribution in [0.25, 0.3) is 0 Å². The Morgan fingerprint density at radius 2 is 1.60 bits per heavy atom. The molecule has 3 aromatic rings. The van der Waals surface area contributed by atoms with Gasteiger partial charge in [0, 0.05) is 30.4 Å². The maximum atomic E-state index is 12.8. The van der Waals surface area contributed by atoms with Crippen LogP contribution in [0.1, 0.15) is 40.1 Å². The van der Waals surface area contributed by atoms with Crippen LogP contribution >= 0.6 is 0 Å². The van der Waals surface area contributed by atoms with E-state index in [2.05, 4.69) is 5.32 Å². The van der Waals surface area contributed by atoms with Gasteiger partial charge in [-0.15, -0.1) is 0 Å². The summed E-state index contributed by atoms with van der Waals surface area (Å²) >= 11 is 0. The summed E-state index contributed by atoms with van der Waals surface area (Å²) in [5, 5.41) is 2.85. The second kappa shape index (κ2) is 9.74. The zero-order valence-corrected chi connectivity index (χ0v) is 17.5. The van der Waals surface area contributed by atoms with Crippen molar-refractivity contribution in [1.29, 1.82) is 0 Å². The lowest BCUT2D eigenvalue weighted by molar-refractivity contribution is 0.0784. The van der Waals surface area contributed by atoms with Crippen LogP contribution in [0.4, 0.5) is 5.69 Å². The predicted octanol–water partition coefficient (Wildman–Crippen LogP) is 5.00. The average Bonchev–Trinajstić information content (AvgIpc) is 2.74. The summed E-state index contributed by atoms with van der Waals surface area (Å²) in [5.41, 5.74) is 2.67. The van der Waals surface area contributed by atoms with Crippen molar-refractivity contribution < 1.29 is 14.3 Å². The molecule has 3 rings (SSSR count). The molecule has 1 N–H and O–H groups in total. The standard InChI is InChI=1S/C25H26N2O3/c1-18(2)30-23-14-12-20(13-15-23)24(28)26-22-11-7-10-21(16-22)25(29)27(3)17-19-8-5-4-6-9-19/h4-16,18H,17H2,1-3H3,(H,26,28). The number of benzene rings is 3. The molecule has 0 aliphatic carbocycles. The quantitative estimate of drug-likeness (QED) is 0.605. The van der Waals surface area contributed by atoms with Gasteiger partial charge in [-0.05, 0) is 61.9 Å². The first kappa shape index (κ1) is 21.1. The summed E-state index contributed by atoms with van der Waals surface area (Å²) in [6.45, 7) is 4.42. The number of anilines is 1. The fourth-order valence-corrected chi connectivity index (χ4v) is 3.04. The number of nitrogens with one attached hydrogen (secondary N) is 1. The minimum Gasteiger partial charge on any atom is -0.491 e. The molecule has 3 aromatic carbocycles. The summed E-state index contributed by atoms with van der Waals surface area (Å²) < 4.78 is 5.60. The minimum atomic E-state index is -0.242. The first-order chi connectivity index (χ1) is 14.4. The number of hydrogen-bond donors (Lipinski definition) is 1. The third-order valence-electron chi connectivity index (χ3n) is 4.46. The van der Waals surface area contributed by atoms with E-state index in [1.165, 1.54) is 0 Å². The van der Waals surface area contributed by atoms with Crippen molar-refractivity contribution in [2.45, 2.75) is 26.5 Å². The van der Waals surface area contributed by atoms with E-state index in [1.807, 2.05) is 44.2 Å². The summed E-state index contributed by atoms with van der Waals surface area (Å²) in [6.07, 6.45) is 0.0741. The van der Waals surface area contributed by atoms with Crippen LogP contribution in [0.15, 0.2) is 78.9 Å². The highest BCUT2D eigenvalue weighted by molar-refractivity contribution is 6.05. The first-order valence-corrected chi connectivity index (χ1v) is 9.90. The second-order valence-corrected chi connectivity index (χ2v) is 7.37.